The van der Waals surface area contributed by atoms with Gasteiger partial charge in [-0.3, -0.25) is 34.7 Å². The molecule has 2 amide bonds. The summed E-state index contributed by atoms with van der Waals surface area (Å²) in [6.07, 6.45) is 1.54. The molecule has 0 radical (unpaired) electrons. The summed E-state index contributed by atoms with van der Waals surface area (Å²) in [5.74, 6) is -0.0792. The lowest BCUT2D eigenvalue weighted by molar-refractivity contribution is -0.385. The summed E-state index contributed by atoms with van der Waals surface area (Å²) in [5.41, 5.74) is 1.45. The number of benzene rings is 3. The van der Waals surface area contributed by atoms with Crippen LogP contribution >= 0.6 is 11.8 Å². The highest BCUT2D eigenvalue weighted by Crippen LogP contribution is 2.35. The molecule has 3 aromatic rings. The summed E-state index contributed by atoms with van der Waals surface area (Å²) in [5, 5.41) is 21.5. The third-order valence-corrected chi connectivity index (χ3v) is 5.96. The quantitative estimate of drug-likeness (QED) is 0.235. The highest BCUT2D eigenvalue weighted by atomic mass is 32.2. The molecule has 11 heteroatoms. The molecule has 0 spiro atoms. The van der Waals surface area contributed by atoms with Crippen molar-refractivity contribution >= 4 is 40.4 Å². The van der Waals surface area contributed by atoms with Crippen molar-refractivity contribution < 1.29 is 24.2 Å². The number of rotatable bonds is 8. The lowest BCUT2D eigenvalue weighted by Gasteiger charge is -2.12. The molecule has 4 rings (SSSR count). The predicted octanol–water partition coefficient (Wildman–Crippen LogP) is 5.32. The van der Waals surface area contributed by atoms with E-state index in [1.165, 1.54) is 30.3 Å². The number of nitro groups is 2. The van der Waals surface area contributed by atoms with Gasteiger partial charge in [0.05, 0.1) is 21.3 Å². The molecule has 0 bridgehead atoms. The minimum Gasteiger partial charge on any atom is -0.488 e. The maximum Gasteiger partial charge on any atom is 0.293 e. The summed E-state index contributed by atoms with van der Waals surface area (Å²) in [4.78, 5) is 47.6. The van der Waals surface area contributed by atoms with Crippen molar-refractivity contribution in [3.05, 3.63) is 115 Å². The number of non-ortho nitro benzene ring substituents is 2. The molecule has 176 valence electrons. The van der Waals surface area contributed by atoms with Crippen LogP contribution in [-0.4, -0.2) is 25.9 Å². The number of para-hydroxylation sites is 1. The van der Waals surface area contributed by atoms with Gasteiger partial charge in [0, 0.05) is 29.8 Å². The molecule has 0 aromatic heterocycles. The largest absolute Gasteiger partial charge is 0.488 e. The van der Waals surface area contributed by atoms with E-state index in [-0.39, 0.29) is 29.4 Å². The Labute approximate surface area is 203 Å². The maximum atomic E-state index is 12.9. The van der Waals surface area contributed by atoms with Crippen LogP contribution in [0.3, 0.4) is 0 Å². The molecule has 1 fully saturated rings. The fourth-order valence-corrected chi connectivity index (χ4v) is 4.21. The fourth-order valence-electron chi connectivity index (χ4n) is 3.38. The molecule has 0 atom stereocenters. The maximum absolute atomic E-state index is 12.9. The van der Waals surface area contributed by atoms with Gasteiger partial charge >= 0.3 is 0 Å². The number of ether oxygens (including phenoxy) is 1. The van der Waals surface area contributed by atoms with Crippen molar-refractivity contribution in [2.45, 2.75) is 13.2 Å². The first kappa shape index (κ1) is 23.6. The minimum atomic E-state index is -0.540. The first-order valence-electron chi connectivity index (χ1n) is 10.3. The van der Waals surface area contributed by atoms with Crippen LogP contribution in [0.4, 0.5) is 16.2 Å². The van der Waals surface area contributed by atoms with Gasteiger partial charge in [-0.05, 0) is 35.0 Å². The average molecular weight is 491 g/mol. The smallest absolute Gasteiger partial charge is 0.293 e. The van der Waals surface area contributed by atoms with Crippen LogP contribution in [0.2, 0.25) is 0 Å². The standard InChI is InChI=1S/C24H17N3O7S/c28-23-22(35-24(29)25(23)14-16-5-3-8-19(11-16)26(30)31)13-18-7-1-2-10-21(18)34-15-17-6-4-9-20(12-17)27(32)33/h1-13H,14-15H2. The molecular weight excluding hydrogens is 474 g/mol. The number of thioether (sulfide) groups is 1. The number of nitro benzene ring substituents is 2. The Morgan fingerprint density at radius 2 is 1.49 bits per heavy atom. The molecule has 1 heterocycles. The zero-order chi connectivity index (χ0) is 24.9. The number of imide groups is 1. The van der Waals surface area contributed by atoms with Gasteiger partial charge in [0.2, 0.25) is 0 Å². The number of carbonyl (C=O) groups is 2. The van der Waals surface area contributed by atoms with Crippen molar-refractivity contribution in [3.63, 3.8) is 0 Å². The summed E-state index contributed by atoms with van der Waals surface area (Å²) in [6, 6.07) is 18.7. The highest BCUT2D eigenvalue weighted by Gasteiger charge is 2.35. The Morgan fingerprint density at radius 1 is 0.857 bits per heavy atom. The molecule has 0 unspecified atom stereocenters. The van der Waals surface area contributed by atoms with Gasteiger partial charge in [-0.25, -0.2) is 0 Å². The summed E-state index contributed by atoms with van der Waals surface area (Å²) in [7, 11) is 0. The van der Waals surface area contributed by atoms with Gasteiger partial charge in [-0.2, -0.15) is 0 Å². The van der Waals surface area contributed by atoms with Gasteiger partial charge in [-0.1, -0.05) is 42.5 Å². The second-order valence-corrected chi connectivity index (χ2v) is 8.44. The van der Waals surface area contributed by atoms with E-state index < -0.39 is 21.0 Å². The lowest BCUT2D eigenvalue weighted by atomic mass is 10.1. The van der Waals surface area contributed by atoms with Crippen molar-refractivity contribution in [3.8, 4) is 5.75 Å². The first-order chi connectivity index (χ1) is 16.8. The Morgan fingerprint density at radius 3 is 2.17 bits per heavy atom. The molecule has 35 heavy (non-hydrogen) atoms. The fraction of sp³-hybridized carbons (Fsp3) is 0.0833. The van der Waals surface area contributed by atoms with Gasteiger partial charge in [0.1, 0.15) is 12.4 Å². The van der Waals surface area contributed by atoms with Crippen molar-refractivity contribution in [2.75, 3.05) is 0 Å². The van der Waals surface area contributed by atoms with Crippen LogP contribution < -0.4 is 4.74 Å². The molecule has 1 aliphatic rings. The second-order valence-electron chi connectivity index (χ2n) is 7.45. The van der Waals surface area contributed by atoms with Gasteiger partial charge in [-0.15, -0.1) is 0 Å². The summed E-state index contributed by atoms with van der Waals surface area (Å²) >= 11 is 0.769. The number of amides is 2. The van der Waals surface area contributed by atoms with E-state index in [4.69, 9.17) is 4.74 Å². The van der Waals surface area contributed by atoms with Crippen LogP contribution in [0.5, 0.6) is 5.75 Å². The molecule has 0 saturated carbocycles. The molecule has 0 aliphatic carbocycles. The van der Waals surface area contributed by atoms with Crippen LogP contribution in [-0.2, 0) is 17.9 Å². The van der Waals surface area contributed by atoms with Crippen LogP contribution in [0.15, 0.2) is 77.7 Å². The predicted molar refractivity (Wildman–Crippen MR) is 128 cm³/mol. The SMILES string of the molecule is O=C1SC(=Cc2ccccc2OCc2cccc([N+](=O)[O-])c2)C(=O)N1Cc1cccc([N+](=O)[O-])c1. The van der Waals surface area contributed by atoms with Crippen LogP contribution in [0, 0.1) is 20.2 Å². The van der Waals surface area contributed by atoms with E-state index in [0.29, 0.717) is 22.4 Å². The summed E-state index contributed by atoms with van der Waals surface area (Å²) < 4.78 is 5.84. The van der Waals surface area contributed by atoms with Gasteiger partial charge < -0.3 is 4.74 Å². The second kappa shape index (κ2) is 10.2. The Balaban J connectivity index is 1.51. The van der Waals surface area contributed by atoms with Crippen LogP contribution in [0.25, 0.3) is 6.08 Å². The molecule has 1 aliphatic heterocycles. The molecule has 0 N–H and O–H groups in total. The Kier molecular flexibility index (Phi) is 6.88. The number of hydrogen-bond donors (Lipinski definition) is 0. The van der Waals surface area contributed by atoms with E-state index in [9.17, 15) is 29.8 Å². The lowest BCUT2D eigenvalue weighted by Crippen LogP contribution is -2.27. The molecular formula is C24H17N3O7S. The summed E-state index contributed by atoms with van der Waals surface area (Å²) in [6.45, 7) is -0.0184. The van der Waals surface area contributed by atoms with Crippen molar-refractivity contribution in [1.82, 2.24) is 4.90 Å². The third-order valence-electron chi connectivity index (χ3n) is 5.06. The topological polar surface area (TPSA) is 133 Å². The monoisotopic (exact) mass is 491 g/mol. The van der Waals surface area contributed by atoms with Crippen molar-refractivity contribution in [2.24, 2.45) is 0 Å². The van der Waals surface area contributed by atoms with E-state index in [1.807, 2.05) is 0 Å². The van der Waals surface area contributed by atoms with Crippen LogP contribution in [0.1, 0.15) is 16.7 Å². The normalized spacial score (nSPS) is 14.4. The van der Waals surface area contributed by atoms with Gasteiger partial charge in [0.25, 0.3) is 22.5 Å². The molecule has 3 aromatic carbocycles. The zero-order valence-corrected chi connectivity index (χ0v) is 18.8. The van der Waals surface area contributed by atoms with E-state index in [1.54, 1.807) is 48.5 Å². The Hall–Kier alpha value is -4.51. The first-order valence-corrected chi connectivity index (χ1v) is 11.1. The number of nitrogens with zero attached hydrogens (tertiary/aromatic N) is 3. The number of hydrogen-bond acceptors (Lipinski definition) is 8. The molecule has 1 saturated heterocycles. The average Bonchev–Trinajstić information content (AvgIpc) is 3.11. The van der Waals surface area contributed by atoms with E-state index >= 15 is 0 Å². The van der Waals surface area contributed by atoms with E-state index in [0.717, 1.165) is 16.7 Å². The van der Waals surface area contributed by atoms with Crippen molar-refractivity contribution in [1.29, 1.82) is 0 Å². The zero-order valence-electron chi connectivity index (χ0n) is 18.0. The Bertz CT molecular complexity index is 1370. The molecule has 10 nitrogen and oxygen atoms in total. The van der Waals surface area contributed by atoms with E-state index in [2.05, 4.69) is 0 Å². The number of carbonyl (C=O) groups excluding carboxylic acids is 2. The van der Waals surface area contributed by atoms with Gasteiger partial charge in [0.15, 0.2) is 0 Å². The third kappa shape index (κ3) is 5.53. The highest BCUT2D eigenvalue weighted by molar-refractivity contribution is 8.18. The minimum absolute atomic E-state index is 0.0446.